The molecule has 0 amide bonds. The van der Waals surface area contributed by atoms with E-state index >= 15 is 0 Å². The molecule has 2 nitrogen and oxygen atoms in total. The minimum Gasteiger partial charge on any atom is -0.315 e. The standard InChI is InChI=1S/C11H22N2/c1-12-11(9-5-3-4-6-9)10-7-8-13(10)2/h9-12H,3-8H2,1-2H3. The Bertz CT molecular complexity index is 161. The van der Waals surface area contributed by atoms with Crippen molar-refractivity contribution in [2.24, 2.45) is 5.92 Å². The third kappa shape index (κ3) is 1.75. The predicted molar refractivity (Wildman–Crippen MR) is 55.8 cm³/mol. The lowest BCUT2D eigenvalue weighted by Crippen LogP contribution is -2.58. The van der Waals surface area contributed by atoms with Gasteiger partial charge in [-0.25, -0.2) is 0 Å². The third-order valence-electron chi connectivity index (χ3n) is 4.00. The van der Waals surface area contributed by atoms with Gasteiger partial charge in [-0.15, -0.1) is 0 Å². The minimum atomic E-state index is 0.765. The van der Waals surface area contributed by atoms with Crippen LogP contribution in [0.25, 0.3) is 0 Å². The Morgan fingerprint density at radius 1 is 1.23 bits per heavy atom. The van der Waals surface area contributed by atoms with Crippen LogP contribution in [0.4, 0.5) is 0 Å². The van der Waals surface area contributed by atoms with Crippen LogP contribution in [0.2, 0.25) is 0 Å². The lowest BCUT2D eigenvalue weighted by Gasteiger charge is -2.45. The molecule has 0 aromatic rings. The molecule has 1 saturated carbocycles. The Kier molecular flexibility index (Phi) is 2.89. The fraction of sp³-hybridized carbons (Fsp3) is 1.00. The van der Waals surface area contributed by atoms with E-state index in [0.717, 1.165) is 18.0 Å². The molecule has 2 atom stereocenters. The summed E-state index contributed by atoms with van der Waals surface area (Å²) >= 11 is 0. The maximum absolute atomic E-state index is 3.53. The van der Waals surface area contributed by atoms with Gasteiger partial charge in [-0.05, 0) is 45.8 Å². The molecule has 76 valence electrons. The molecule has 1 aliphatic heterocycles. The van der Waals surface area contributed by atoms with Crippen molar-refractivity contribution < 1.29 is 0 Å². The van der Waals surface area contributed by atoms with Crippen LogP contribution >= 0.6 is 0 Å². The molecule has 1 N–H and O–H groups in total. The number of rotatable bonds is 3. The number of hydrogen-bond donors (Lipinski definition) is 1. The van der Waals surface area contributed by atoms with E-state index in [1.807, 2.05) is 0 Å². The van der Waals surface area contributed by atoms with Gasteiger partial charge in [0.25, 0.3) is 0 Å². The number of nitrogens with one attached hydrogen (secondary N) is 1. The summed E-state index contributed by atoms with van der Waals surface area (Å²) in [5, 5.41) is 3.53. The molecular formula is C11H22N2. The van der Waals surface area contributed by atoms with E-state index in [4.69, 9.17) is 0 Å². The summed E-state index contributed by atoms with van der Waals surface area (Å²) in [5.41, 5.74) is 0. The first-order chi connectivity index (χ1) is 6.33. The van der Waals surface area contributed by atoms with E-state index in [0.29, 0.717) is 0 Å². The van der Waals surface area contributed by atoms with Gasteiger partial charge in [0.05, 0.1) is 0 Å². The van der Waals surface area contributed by atoms with Crippen molar-refractivity contribution in [3.05, 3.63) is 0 Å². The molecule has 1 heterocycles. The van der Waals surface area contributed by atoms with Gasteiger partial charge in [0.15, 0.2) is 0 Å². The maximum atomic E-state index is 3.53. The largest absolute Gasteiger partial charge is 0.315 e. The normalized spacial score (nSPS) is 33.2. The van der Waals surface area contributed by atoms with Crippen LogP contribution in [0, 0.1) is 5.92 Å². The van der Waals surface area contributed by atoms with Gasteiger partial charge in [0.2, 0.25) is 0 Å². The fourth-order valence-electron chi connectivity index (χ4n) is 3.05. The highest BCUT2D eigenvalue weighted by Crippen LogP contribution is 2.33. The first kappa shape index (κ1) is 9.47. The first-order valence-corrected chi connectivity index (χ1v) is 5.70. The fourth-order valence-corrected chi connectivity index (χ4v) is 3.05. The zero-order chi connectivity index (χ0) is 9.26. The van der Waals surface area contributed by atoms with Crippen molar-refractivity contribution in [1.29, 1.82) is 0 Å². The Morgan fingerprint density at radius 2 is 1.92 bits per heavy atom. The van der Waals surface area contributed by atoms with E-state index in [1.165, 1.54) is 38.6 Å². The summed E-state index contributed by atoms with van der Waals surface area (Å²) in [6.45, 7) is 1.30. The van der Waals surface area contributed by atoms with Crippen LogP contribution < -0.4 is 5.32 Å². The zero-order valence-corrected chi connectivity index (χ0v) is 8.92. The molecule has 2 aliphatic rings. The van der Waals surface area contributed by atoms with E-state index < -0.39 is 0 Å². The van der Waals surface area contributed by atoms with Crippen molar-refractivity contribution in [1.82, 2.24) is 10.2 Å². The van der Waals surface area contributed by atoms with Crippen LogP contribution in [0.15, 0.2) is 0 Å². The Morgan fingerprint density at radius 3 is 2.31 bits per heavy atom. The molecule has 2 unspecified atom stereocenters. The molecule has 1 aliphatic carbocycles. The highest BCUT2D eigenvalue weighted by Gasteiger charge is 2.36. The van der Waals surface area contributed by atoms with Gasteiger partial charge >= 0.3 is 0 Å². The SMILES string of the molecule is CNC(C1CCCC1)C1CCN1C. The summed E-state index contributed by atoms with van der Waals surface area (Å²) in [5.74, 6) is 0.956. The van der Waals surface area contributed by atoms with E-state index in [-0.39, 0.29) is 0 Å². The molecular weight excluding hydrogens is 160 g/mol. The zero-order valence-electron chi connectivity index (χ0n) is 8.92. The second-order valence-electron chi connectivity index (χ2n) is 4.70. The summed E-state index contributed by atoms with van der Waals surface area (Å²) < 4.78 is 0. The molecule has 2 rings (SSSR count). The molecule has 0 spiro atoms. The Hall–Kier alpha value is -0.0800. The van der Waals surface area contributed by atoms with E-state index in [1.54, 1.807) is 0 Å². The summed E-state index contributed by atoms with van der Waals surface area (Å²) in [4.78, 5) is 2.50. The molecule has 1 saturated heterocycles. The van der Waals surface area contributed by atoms with Crippen LogP contribution in [-0.2, 0) is 0 Å². The summed E-state index contributed by atoms with van der Waals surface area (Å²) in [6, 6.07) is 1.59. The molecule has 0 aromatic carbocycles. The minimum absolute atomic E-state index is 0.765. The van der Waals surface area contributed by atoms with Gasteiger partial charge in [0, 0.05) is 12.1 Å². The molecule has 0 radical (unpaired) electrons. The molecule has 0 bridgehead atoms. The van der Waals surface area contributed by atoms with Gasteiger partial charge in [-0.1, -0.05) is 12.8 Å². The molecule has 2 heteroatoms. The van der Waals surface area contributed by atoms with Crippen molar-refractivity contribution in [3.63, 3.8) is 0 Å². The second-order valence-corrected chi connectivity index (χ2v) is 4.70. The van der Waals surface area contributed by atoms with Gasteiger partial charge in [-0.3, -0.25) is 0 Å². The summed E-state index contributed by atoms with van der Waals surface area (Å²) in [7, 11) is 4.39. The average molecular weight is 182 g/mol. The smallest absolute Gasteiger partial charge is 0.0261 e. The van der Waals surface area contributed by atoms with Crippen molar-refractivity contribution in [2.45, 2.75) is 44.2 Å². The van der Waals surface area contributed by atoms with E-state index in [9.17, 15) is 0 Å². The summed E-state index contributed by atoms with van der Waals surface area (Å²) in [6.07, 6.45) is 7.22. The van der Waals surface area contributed by atoms with Crippen molar-refractivity contribution in [3.8, 4) is 0 Å². The molecule has 2 fully saturated rings. The molecule has 0 aromatic heterocycles. The third-order valence-corrected chi connectivity index (χ3v) is 4.00. The topological polar surface area (TPSA) is 15.3 Å². The number of likely N-dealkylation sites (N-methyl/N-ethyl adjacent to an activating group) is 2. The average Bonchev–Trinajstić information content (AvgIpc) is 2.63. The van der Waals surface area contributed by atoms with Crippen LogP contribution in [0.3, 0.4) is 0 Å². The predicted octanol–water partition coefficient (Wildman–Crippen LogP) is 1.47. The van der Waals surface area contributed by atoms with Crippen LogP contribution in [0.1, 0.15) is 32.1 Å². The van der Waals surface area contributed by atoms with Crippen molar-refractivity contribution >= 4 is 0 Å². The van der Waals surface area contributed by atoms with E-state index in [2.05, 4.69) is 24.3 Å². The first-order valence-electron chi connectivity index (χ1n) is 5.70. The number of nitrogens with zero attached hydrogens (tertiary/aromatic N) is 1. The van der Waals surface area contributed by atoms with Crippen LogP contribution in [0.5, 0.6) is 0 Å². The Labute approximate surface area is 81.7 Å². The number of likely N-dealkylation sites (tertiary alicyclic amines) is 1. The second kappa shape index (κ2) is 3.97. The lowest BCUT2D eigenvalue weighted by molar-refractivity contribution is 0.0701. The highest BCUT2D eigenvalue weighted by atomic mass is 15.2. The van der Waals surface area contributed by atoms with Gasteiger partial charge < -0.3 is 10.2 Å². The monoisotopic (exact) mass is 182 g/mol. The quantitative estimate of drug-likeness (QED) is 0.711. The van der Waals surface area contributed by atoms with Gasteiger partial charge in [0.1, 0.15) is 0 Å². The van der Waals surface area contributed by atoms with Crippen molar-refractivity contribution in [2.75, 3.05) is 20.6 Å². The Balaban J connectivity index is 1.91. The lowest BCUT2D eigenvalue weighted by atomic mass is 9.85. The molecule has 13 heavy (non-hydrogen) atoms. The maximum Gasteiger partial charge on any atom is 0.0261 e. The van der Waals surface area contributed by atoms with Gasteiger partial charge in [-0.2, -0.15) is 0 Å². The van der Waals surface area contributed by atoms with Crippen LogP contribution in [-0.4, -0.2) is 37.6 Å². The highest BCUT2D eigenvalue weighted by molar-refractivity contribution is 4.94. The number of hydrogen-bond acceptors (Lipinski definition) is 2.